The normalized spacial score (nSPS) is 13.4. The Hall–Kier alpha value is -0.590. The SMILES string of the molecule is C=CC(C)COP(=O)(C=C)C=C. The third kappa shape index (κ3) is 3.70. The molecule has 1 atom stereocenters. The van der Waals surface area contributed by atoms with Crippen LogP contribution in [0, 0.1) is 5.92 Å². The highest BCUT2D eigenvalue weighted by atomic mass is 31.2. The van der Waals surface area contributed by atoms with E-state index in [0.29, 0.717) is 6.61 Å². The van der Waals surface area contributed by atoms with Crippen LogP contribution in [0.15, 0.2) is 37.4 Å². The van der Waals surface area contributed by atoms with Gasteiger partial charge in [-0.05, 0) is 17.6 Å². The van der Waals surface area contributed by atoms with Crippen molar-refractivity contribution in [1.29, 1.82) is 0 Å². The number of hydrogen-bond acceptors (Lipinski definition) is 2. The van der Waals surface area contributed by atoms with Crippen LogP contribution in [-0.2, 0) is 9.09 Å². The van der Waals surface area contributed by atoms with Crippen LogP contribution in [0.25, 0.3) is 0 Å². The van der Waals surface area contributed by atoms with Gasteiger partial charge in [0.2, 0.25) is 7.37 Å². The van der Waals surface area contributed by atoms with E-state index in [1.165, 1.54) is 11.6 Å². The summed E-state index contributed by atoms with van der Waals surface area (Å²) in [5.74, 6) is 2.80. The molecule has 0 heterocycles. The van der Waals surface area contributed by atoms with Gasteiger partial charge in [0, 0.05) is 0 Å². The van der Waals surface area contributed by atoms with Crippen molar-refractivity contribution in [3.63, 3.8) is 0 Å². The Morgan fingerprint density at radius 3 is 2.25 bits per heavy atom. The highest BCUT2D eigenvalue weighted by molar-refractivity contribution is 7.65. The highest BCUT2D eigenvalue weighted by Gasteiger charge is 2.13. The molecule has 0 aliphatic rings. The fourth-order valence-corrected chi connectivity index (χ4v) is 1.31. The van der Waals surface area contributed by atoms with E-state index in [1.807, 2.05) is 6.92 Å². The summed E-state index contributed by atoms with van der Waals surface area (Å²) >= 11 is 0. The molecule has 1 unspecified atom stereocenters. The second kappa shape index (κ2) is 5.13. The van der Waals surface area contributed by atoms with Crippen LogP contribution in [0.3, 0.4) is 0 Å². The first-order valence-corrected chi connectivity index (χ1v) is 5.48. The highest BCUT2D eigenvalue weighted by Crippen LogP contribution is 2.49. The molecule has 0 aliphatic heterocycles. The lowest BCUT2D eigenvalue weighted by Crippen LogP contribution is -1.99. The summed E-state index contributed by atoms with van der Waals surface area (Å²) in [6, 6.07) is 0. The summed E-state index contributed by atoms with van der Waals surface area (Å²) in [5.41, 5.74) is 0. The molecule has 12 heavy (non-hydrogen) atoms. The summed E-state index contributed by atoms with van der Waals surface area (Å²) < 4.78 is 16.6. The fourth-order valence-electron chi connectivity index (χ4n) is 0.482. The van der Waals surface area contributed by atoms with Crippen LogP contribution in [0.1, 0.15) is 6.92 Å². The molecular formula is C9H15O2P. The van der Waals surface area contributed by atoms with Gasteiger partial charge in [0.1, 0.15) is 0 Å². The second-order valence-corrected chi connectivity index (χ2v) is 4.80. The quantitative estimate of drug-likeness (QED) is 0.469. The van der Waals surface area contributed by atoms with Gasteiger partial charge in [0.25, 0.3) is 0 Å². The van der Waals surface area contributed by atoms with Crippen LogP contribution in [0.4, 0.5) is 0 Å². The molecule has 68 valence electrons. The van der Waals surface area contributed by atoms with E-state index in [-0.39, 0.29) is 5.92 Å². The Labute approximate surface area is 74.1 Å². The monoisotopic (exact) mass is 186 g/mol. The van der Waals surface area contributed by atoms with Crippen molar-refractivity contribution in [3.05, 3.63) is 37.4 Å². The van der Waals surface area contributed by atoms with Gasteiger partial charge in [0.05, 0.1) is 6.61 Å². The zero-order valence-corrected chi connectivity index (χ0v) is 8.30. The Balaban J connectivity index is 4.06. The molecule has 0 rings (SSSR count). The van der Waals surface area contributed by atoms with Crippen LogP contribution in [0.5, 0.6) is 0 Å². The predicted octanol–water partition coefficient (Wildman–Crippen LogP) is 3.39. The maximum absolute atomic E-state index is 11.5. The van der Waals surface area contributed by atoms with E-state index in [2.05, 4.69) is 19.7 Å². The summed E-state index contributed by atoms with van der Waals surface area (Å²) in [7, 11) is -2.77. The van der Waals surface area contributed by atoms with Gasteiger partial charge in [0.15, 0.2) is 0 Å². The summed E-state index contributed by atoms with van der Waals surface area (Å²) in [6.45, 7) is 12.8. The first kappa shape index (κ1) is 11.4. The van der Waals surface area contributed by atoms with Crippen molar-refractivity contribution < 1.29 is 9.09 Å². The zero-order valence-electron chi connectivity index (χ0n) is 7.40. The molecule has 0 bridgehead atoms. The zero-order chi connectivity index (χ0) is 9.61. The molecule has 0 amide bonds. The van der Waals surface area contributed by atoms with Crippen molar-refractivity contribution in [2.24, 2.45) is 5.92 Å². The lowest BCUT2D eigenvalue weighted by atomic mass is 10.2. The van der Waals surface area contributed by atoms with E-state index < -0.39 is 7.37 Å². The molecule has 3 heteroatoms. The largest absolute Gasteiger partial charge is 0.322 e. The molecular weight excluding hydrogens is 171 g/mol. The molecule has 0 N–H and O–H groups in total. The molecule has 0 saturated heterocycles. The third-order valence-corrected chi connectivity index (χ3v) is 3.02. The average Bonchev–Trinajstić information content (AvgIpc) is 2.13. The standard InChI is InChI=1S/C9H15O2P/c1-5-9(4)8-11-12(10,6-2)7-3/h5-7,9H,1-3,8H2,4H3. The van der Waals surface area contributed by atoms with Gasteiger partial charge in [-0.3, -0.25) is 4.57 Å². The van der Waals surface area contributed by atoms with Gasteiger partial charge in [-0.1, -0.05) is 26.2 Å². The van der Waals surface area contributed by atoms with Crippen LogP contribution in [0.2, 0.25) is 0 Å². The fraction of sp³-hybridized carbons (Fsp3) is 0.333. The molecule has 0 aromatic carbocycles. The van der Waals surface area contributed by atoms with Crippen LogP contribution < -0.4 is 0 Å². The van der Waals surface area contributed by atoms with Gasteiger partial charge in [-0.25, -0.2) is 0 Å². The van der Waals surface area contributed by atoms with Crippen LogP contribution >= 0.6 is 7.37 Å². The Morgan fingerprint density at radius 2 is 1.92 bits per heavy atom. The molecule has 0 aromatic heterocycles. The number of rotatable bonds is 6. The maximum atomic E-state index is 11.5. The minimum atomic E-state index is -2.77. The summed E-state index contributed by atoms with van der Waals surface area (Å²) in [6.07, 6.45) is 1.75. The maximum Gasteiger partial charge on any atom is 0.246 e. The Morgan fingerprint density at radius 1 is 1.42 bits per heavy atom. The van der Waals surface area contributed by atoms with E-state index in [1.54, 1.807) is 6.08 Å². The molecule has 0 aromatic rings. The van der Waals surface area contributed by atoms with E-state index in [4.69, 9.17) is 4.52 Å². The molecule has 0 saturated carbocycles. The van der Waals surface area contributed by atoms with Crippen LogP contribution in [-0.4, -0.2) is 6.61 Å². The van der Waals surface area contributed by atoms with E-state index >= 15 is 0 Å². The van der Waals surface area contributed by atoms with Gasteiger partial charge in [-0.15, -0.1) is 6.58 Å². The average molecular weight is 186 g/mol. The van der Waals surface area contributed by atoms with E-state index in [9.17, 15) is 4.57 Å². The minimum absolute atomic E-state index is 0.193. The van der Waals surface area contributed by atoms with Crippen molar-refractivity contribution in [2.45, 2.75) is 6.92 Å². The summed E-state index contributed by atoms with van der Waals surface area (Å²) in [4.78, 5) is 0. The van der Waals surface area contributed by atoms with Gasteiger partial charge in [-0.2, -0.15) is 0 Å². The topological polar surface area (TPSA) is 26.3 Å². The van der Waals surface area contributed by atoms with Crippen molar-refractivity contribution >= 4 is 7.37 Å². The number of hydrogen-bond donors (Lipinski definition) is 0. The minimum Gasteiger partial charge on any atom is -0.322 e. The first-order chi connectivity index (χ1) is 5.58. The van der Waals surface area contributed by atoms with Crippen molar-refractivity contribution in [2.75, 3.05) is 6.61 Å². The third-order valence-electron chi connectivity index (χ3n) is 1.45. The summed E-state index contributed by atoms with van der Waals surface area (Å²) in [5, 5.41) is 0. The molecule has 2 nitrogen and oxygen atoms in total. The molecule has 0 radical (unpaired) electrons. The molecule has 0 fully saturated rings. The lowest BCUT2D eigenvalue weighted by Gasteiger charge is -2.11. The van der Waals surface area contributed by atoms with Gasteiger partial charge < -0.3 is 4.52 Å². The van der Waals surface area contributed by atoms with E-state index in [0.717, 1.165) is 0 Å². The first-order valence-electron chi connectivity index (χ1n) is 3.71. The Kier molecular flexibility index (Phi) is 4.87. The molecule has 0 aliphatic carbocycles. The lowest BCUT2D eigenvalue weighted by molar-refractivity contribution is 0.294. The van der Waals surface area contributed by atoms with Crippen molar-refractivity contribution in [1.82, 2.24) is 0 Å². The smallest absolute Gasteiger partial charge is 0.246 e. The Bertz CT molecular complexity index is 209. The van der Waals surface area contributed by atoms with Gasteiger partial charge >= 0.3 is 0 Å². The molecule has 0 spiro atoms. The second-order valence-electron chi connectivity index (χ2n) is 2.52. The predicted molar refractivity (Wildman–Crippen MR) is 53.3 cm³/mol. The van der Waals surface area contributed by atoms with Crippen molar-refractivity contribution in [3.8, 4) is 0 Å².